The lowest BCUT2D eigenvalue weighted by atomic mass is 9.45. The second-order valence-corrected chi connectivity index (χ2v) is 17.6. The Morgan fingerprint density at radius 2 is 1.68 bits per heavy atom. The number of carbonyl (C=O) groups excluding carboxylic acids is 3. The Labute approximate surface area is 267 Å². The van der Waals surface area contributed by atoms with Crippen molar-refractivity contribution in [2.45, 2.75) is 87.4 Å². The number of alkyl halides is 2. The smallest absolute Gasteiger partial charge is 0.303 e. The van der Waals surface area contributed by atoms with Crippen molar-refractivity contribution in [1.82, 2.24) is 0 Å². The number of halogens is 2. The average Bonchev–Trinajstić information content (AvgIpc) is 3.26. The van der Waals surface area contributed by atoms with Crippen molar-refractivity contribution >= 4 is 61.0 Å². The topological polar surface area (TPSA) is 166 Å². The van der Waals surface area contributed by atoms with Crippen molar-refractivity contribution < 1.29 is 53.8 Å². The van der Waals surface area contributed by atoms with E-state index in [0.29, 0.717) is 0 Å². The van der Waals surface area contributed by atoms with E-state index < -0.39 is 107 Å². The van der Waals surface area contributed by atoms with Crippen LogP contribution in [0.15, 0.2) is 23.8 Å². The summed E-state index contributed by atoms with van der Waals surface area (Å²) in [7, 11) is -8.57. The van der Waals surface area contributed by atoms with Crippen molar-refractivity contribution in [3.05, 3.63) is 23.8 Å². The first-order valence-corrected chi connectivity index (χ1v) is 18.5. The standard InChI is InChI=1S/C28H36Cl2O12S2/c1-14(31)38-13-19(33)28-20(39-24(2,3)42-28)11-16-21-23(41-44(7,36)37)22(40-43(6,34)35)17-10-15(32)8-9-25(17,4)27(21,30)18(29)12-26(16,28)5/h8-10,16,18,20-23H,11-13H2,1-7H3/t16-,18-,20+,21+,22-,23+,25-,26-,27+,28+/m0/s1. The minimum atomic E-state index is -4.31. The van der Waals surface area contributed by atoms with E-state index in [4.69, 9.17) is 45.8 Å². The van der Waals surface area contributed by atoms with Gasteiger partial charge in [0.05, 0.1) is 28.9 Å². The number of ketones is 2. The lowest BCUT2D eigenvalue weighted by Crippen LogP contribution is -2.74. The summed E-state index contributed by atoms with van der Waals surface area (Å²) in [5.41, 5.74) is -4.17. The first kappa shape index (κ1) is 34.0. The molecule has 0 spiro atoms. The van der Waals surface area contributed by atoms with Gasteiger partial charge < -0.3 is 14.2 Å². The Kier molecular flexibility index (Phi) is 7.95. The van der Waals surface area contributed by atoms with Crippen LogP contribution in [0.4, 0.5) is 0 Å². The lowest BCUT2D eigenvalue weighted by Gasteiger charge is -2.66. The second-order valence-electron chi connectivity index (χ2n) is 13.3. The number of fused-ring (bicyclic) bond motifs is 7. The van der Waals surface area contributed by atoms with Gasteiger partial charge in [0.25, 0.3) is 20.2 Å². The fraction of sp³-hybridized carbons (Fsp3) is 0.750. The van der Waals surface area contributed by atoms with Gasteiger partial charge in [-0.2, -0.15) is 16.8 Å². The second kappa shape index (κ2) is 10.3. The molecule has 3 saturated carbocycles. The molecule has 0 radical (unpaired) electrons. The van der Waals surface area contributed by atoms with E-state index in [2.05, 4.69) is 0 Å². The van der Waals surface area contributed by atoms with Crippen LogP contribution in [0.1, 0.15) is 47.5 Å². The summed E-state index contributed by atoms with van der Waals surface area (Å²) in [5, 5.41) is -1.03. The highest BCUT2D eigenvalue weighted by molar-refractivity contribution is 7.86. The fourth-order valence-electron chi connectivity index (χ4n) is 8.60. The zero-order valence-corrected chi connectivity index (χ0v) is 28.4. The molecular formula is C28H36Cl2O12S2. The van der Waals surface area contributed by atoms with Crippen LogP contribution in [0.2, 0.25) is 0 Å². The van der Waals surface area contributed by atoms with Gasteiger partial charge in [0.2, 0.25) is 5.78 Å². The van der Waals surface area contributed by atoms with Gasteiger partial charge in [0.15, 0.2) is 23.8 Å². The summed E-state index contributed by atoms with van der Waals surface area (Å²) in [5.74, 6) is -4.81. The summed E-state index contributed by atoms with van der Waals surface area (Å²) in [4.78, 5) is 36.8. The highest BCUT2D eigenvalue weighted by atomic mass is 35.5. The Balaban J connectivity index is 1.77. The normalized spacial score (nSPS) is 44.2. The number of rotatable bonds is 7. The summed E-state index contributed by atoms with van der Waals surface area (Å²) in [6.45, 7) is 7.28. The maximum Gasteiger partial charge on any atom is 0.303 e. The van der Waals surface area contributed by atoms with Crippen LogP contribution < -0.4 is 0 Å². The maximum absolute atomic E-state index is 14.1. The molecule has 1 saturated heterocycles. The first-order chi connectivity index (χ1) is 19.9. The molecule has 4 fully saturated rings. The quantitative estimate of drug-likeness (QED) is 0.217. The van der Waals surface area contributed by atoms with Gasteiger partial charge in [0.1, 0.15) is 12.2 Å². The molecule has 0 aromatic rings. The van der Waals surface area contributed by atoms with Gasteiger partial charge in [-0.05, 0) is 50.3 Å². The van der Waals surface area contributed by atoms with E-state index in [1.54, 1.807) is 27.7 Å². The van der Waals surface area contributed by atoms with Gasteiger partial charge >= 0.3 is 5.97 Å². The Morgan fingerprint density at radius 1 is 1.07 bits per heavy atom. The van der Waals surface area contributed by atoms with E-state index >= 15 is 0 Å². The molecule has 12 nitrogen and oxygen atoms in total. The number of Topliss-reactive ketones (excluding diaryl/α,β-unsaturated/α-hetero) is 1. The van der Waals surface area contributed by atoms with Crippen molar-refractivity contribution in [1.29, 1.82) is 0 Å². The predicted octanol–water partition coefficient (Wildman–Crippen LogP) is 2.41. The summed E-state index contributed by atoms with van der Waals surface area (Å²) in [6, 6.07) is 0. The van der Waals surface area contributed by atoms with Crippen LogP contribution in [-0.4, -0.2) is 93.4 Å². The fourth-order valence-corrected chi connectivity index (χ4v) is 11.0. The van der Waals surface area contributed by atoms with Crippen LogP contribution in [0.3, 0.4) is 0 Å². The summed E-state index contributed by atoms with van der Waals surface area (Å²) >= 11 is 14.9. The molecule has 5 aliphatic rings. The molecule has 0 aromatic heterocycles. The van der Waals surface area contributed by atoms with E-state index in [1.165, 1.54) is 25.2 Å². The highest BCUT2D eigenvalue weighted by Gasteiger charge is 2.81. The van der Waals surface area contributed by atoms with Crippen LogP contribution in [0.5, 0.6) is 0 Å². The van der Waals surface area contributed by atoms with Crippen LogP contribution in [-0.2, 0) is 57.2 Å². The Morgan fingerprint density at radius 3 is 2.25 bits per heavy atom. The molecular weight excluding hydrogens is 663 g/mol. The number of allylic oxidation sites excluding steroid dienone is 3. The molecule has 0 unspecified atom stereocenters. The lowest BCUT2D eigenvalue weighted by molar-refractivity contribution is -0.219. The van der Waals surface area contributed by atoms with Crippen molar-refractivity contribution in [2.75, 3.05) is 19.1 Å². The molecule has 0 N–H and O–H groups in total. The van der Waals surface area contributed by atoms with E-state index in [-0.39, 0.29) is 18.4 Å². The van der Waals surface area contributed by atoms with Crippen molar-refractivity contribution in [2.24, 2.45) is 22.7 Å². The number of ether oxygens (including phenoxy) is 3. The molecule has 44 heavy (non-hydrogen) atoms. The van der Waals surface area contributed by atoms with E-state index in [1.807, 2.05) is 0 Å². The zero-order valence-electron chi connectivity index (χ0n) is 25.3. The summed E-state index contributed by atoms with van der Waals surface area (Å²) < 4.78 is 79.9. The van der Waals surface area contributed by atoms with Crippen LogP contribution >= 0.6 is 23.2 Å². The number of carbonyl (C=O) groups is 3. The minimum Gasteiger partial charge on any atom is -0.458 e. The third-order valence-corrected chi connectivity index (χ3v) is 12.7. The zero-order chi connectivity index (χ0) is 33.1. The molecule has 16 heteroatoms. The van der Waals surface area contributed by atoms with Crippen LogP contribution in [0, 0.1) is 22.7 Å². The number of hydrogen-bond donors (Lipinski definition) is 0. The average molecular weight is 700 g/mol. The highest BCUT2D eigenvalue weighted by Crippen LogP contribution is 2.74. The number of hydrogen-bond acceptors (Lipinski definition) is 12. The van der Waals surface area contributed by atoms with Gasteiger partial charge in [-0.3, -0.25) is 22.7 Å². The molecule has 246 valence electrons. The monoisotopic (exact) mass is 698 g/mol. The molecule has 5 rings (SSSR count). The van der Waals surface area contributed by atoms with E-state index in [9.17, 15) is 31.2 Å². The molecule has 1 aliphatic heterocycles. The van der Waals surface area contributed by atoms with E-state index in [0.717, 1.165) is 12.5 Å². The molecule has 4 aliphatic carbocycles. The third kappa shape index (κ3) is 4.94. The Hall–Kier alpha value is -1.39. The largest absolute Gasteiger partial charge is 0.458 e. The molecule has 10 atom stereocenters. The van der Waals surface area contributed by atoms with Gasteiger partial charge in [-0.15, -0.1) is 23.2 Å². The molecule has 0 amide bonds. The number of esters is 1. The maximum atomic E-state index is 14.1. The summed E-state index contributed by atoms with van der Waals surface area (Å²) in [6.07, 6.45) is 1.64. The predicted molar refractivity (Wildman–Crippen MR) is 157 cm³/mol. The van der Waals surface area contributed by atoms with Gasteiger partial charge in [0, 0.05) is 23.7 Å². The van der Waals surface area contributed by atoms with Gasteiger partial charge in [-0.1, -0.05) is 19.9 Å². The first-order valence-electron chi connectivity index (χ1n) is 14.0. The van der Waals surface area contributed by atoms with Gasteiger partial charge in [-0.25, -0.2) is 0 Å². The minimum absolute atomic E-state index is 0.0504. The molecule has 0 bridgehead atoms. The SMILES string of the molecule is CC(=O)OCC(=O)[C@@]12OC(C)(C)O[C@@H]1C[C@H]1[C@@H]3[C@@H](OS(C)(=O)=O)[C@@H](OS(C)(=O)=O)C4=CC(=O)C=C[C@]4(C)[C@@]3(Cl)[C@@H](Cl)C[C@@]12C. The van der Waals surface area contributed by atoms with Crippen LogP contribution in [0.25, 0.3) is 0 Å². The molecule has 0 aromatic carbocycles. The van der Waals surface area contributed by atoms with Crippen molar-refractivity contribution in [3.8, 4) is 0 Å². The molecule has 1 heterocycles. The van der Waals surface area contributed by atoms with Crippen molar-refractivity contribution in [3.63, 3.8) is 0 Å². The Bertz CT molecular complexity index is 1590. The third-order valence-electron chi connectivity index (χ3n) is 10.0.